The molecule has 0 spiro atoms. The van der Waals surface area contributed by atoms with E-state index in [0.29, 0.717) is 32.8 Å². The Kier molecular flexibility index (Phi) is 5.64. The van der Waals surface area contributed by atoms with E-state index in [0.717, 1.165) is 29.2 Å². The minimum absolute atomic E-state index is 0.00237. The van der Waals surface area contributed by atoms with Crippen LogP contribution in [0.4, 0.5) is 0 Å². The first-order valence-corrected chi connectivity index (χ1v) is 10.6. The second kappa shape index (κ2) is 8.32. The highest BCUT2D eigenvalue weighted by molar-refractivity contribution is 7.15. The Hall–Kier alpha value is -2.38. The number of benzene rings is 1. The van der Waals surface area contributed by atoms with Gasteiger partial charge in [0.15, 0.2) is 4.96 Å². The van der Waals surface area contributed by atoms with Crippen LogP contribution in [0.2, 0.25) is 0 Å². The summed E-state index contributed by atoms with van der Waals surface area (Å²) in [5, 5.41) is 5.13. The van der Waals surface area contributed by atoms with Gasteiger partial charge in [0.05, 0.1) is 18.7 Å². The number of hydrogen-bond donors (Lipinski definition) is 1. The first kappa shape index (κ1) is 19.0. The van der Waals surface area contributed by atoms with Crippen molar-refractivity contribution in [3.63, 3.8) is 0 Å². The van der Waals surface area contributed by atoms with E-state index in [1.807, 2.05) is 41.2 Å². The summed E-state index contributed by atoms with van der Waals surface area (Å²) >= 11 is 1.57. The lowest BCUT2D eigenvalue weighted by atomic mass is 9.74. The van der Waals surface area contributed by atoms with Crippen molar-refractivity contribution in [2.75, 3.05) is 26.4 Å². The maximum atomic E-state index is 12.6. The first-order chi connectivity index (χ1) is 13.7. The van der Waals surface area contributed by atoms with Crippen molar-refractivity contribution in [2.24, 2.45) is 0 Å². The second-order valence-corrected chi connectivity index (χ2v) is 8.00. The largest absolute Gasteiger partial charge is 0.494 e. The molecule has 3 heterocycles. The van der Waals surface area contributed by atoms with Gasteiger partial charge >= 0.3 is 0 Å². The van der Waals surface area contributed by atoms with Crippen molar-refractivity contribution in [3.05, 3.63) is 53.3 Å². The fourth-order valence-corrected chi connectivity index (χ4v) is 4.48. The fourth-order valence-electron chi connectivity index (χ4n) is 3.76. The van der Waals surface area contributed by atoms with Crippen molar-refractivity contribution in [1.29, 1.82) is 0 Å². The lowest BCUT2D eigenvalue weighted by Gasteiger charge is -2.38. The van der Waals surface area contributed by atoms with Gasteiger partial charge in [0.25, 0.3) is 0 Å². The van der Waals surface area contributed by atoms with Gasteiger partial charge in [0.1, 0.15) is 5.75 Å². The number of rotatable bonds is 7. The number of ether oxygens (including phenoxy) is 2. The van der Waals surface area contributed by atoms with Gasteiger partial charge in [-0.15, -0.1) is 11.3 Å². The molecule has 28 heavy (non-hydrogen) atoms. The lowest BCUT2D eigenvalue weighted by Crippen LogP contribution is -2.45. The van der Waals surface area contributed by atoms with Crippen molar-refractivity contribution in [3.8, 4) is 5.75 Å². The summed E-state index contributed by atoms with van der Waals surface area (Å²) in [6.07, 6.45) is 5.95. The Morgan fingerprint density at radius 2 is 2.11 bits per heavy atom. The molecule has 1 amide bonds. The average Bonchev–Trinajstić information content (AvgIpc) is 3.30. The number of aromatic nitrogens is 2. The Bertz CT molecular complexity index is 897. The molecule has 0 unspecified atom stereocenters. The molecule has 0 saturated carbocycles. The number of hydrogen-bond acceptors (Lipinski definition) is 5. The number of nitrogens with one attached hydrogen (secondary N) is 1. The maximum absolute atomic E-state index is 12.6. The molecule has 0 atom stereocenters. The summed E-state index contributed by atoms with van der Waals surface area (Å²) in [5.41, 5.74) is 1.92. The molecule has 1 fully saturated rings. The van der Waals surface area contributed by atoms with Crippen LogP contribution < -0.4 is 10.1 Å². The van der Waals surface area contributed by atoms with Crippen LogP contribution in [0.3, 0.4) is 0 Å². The normalized spacial score (nSPS) is 16.2. The summed E-state index contributed by atoms with van der Waals surface area (Å²) in [6.45, 7) is 4.65. The molecule has 0 radical (unpaired) electrons. The number of carbonyl (C=O) groups is 1. The molecule has 3 aromatic rings. The molecule has 1 N–H and O–H groups in total. The van der Waals surface area contributed by atoms with E-state index < -0.39 is 0 Å². The zero-order valence-electron chi connectivity index (χ0n) is 16.0. The Labute approximate surface area is 168 Å². The highest BCUT2D eigenvalue weighted by atomic mass is 32.1. The Balaban J connectivity index is 1.43. The van der Waals surface area contributed by atoms with E-state index in [4.69, 9.17) is 9.47 Å². The highest BCUT2D eigenvalue weighted by Crippen LogP contribution is 2.35. The van der Waals surface area contributed by atoms with Crippen LogP contribution in [0.25, 0.3) is 4.96 Å². The van der Waals surface area contributed by atoms with Crippen molar-refractivity contribution < 1.29 is 14.3 Å². The zero-order chi connectivity index (χ0) is 19.4. The summed E-state index contributed by atoms with van der Waals surface area (Å²) < 4.78 is 13.1. The fraction of sp³-hybridized carbons (Fsp3) is 0.429. The summed E-state index contributed by atoms with van der Waals surface area (Å²) in [7, 11) is 0. The van der Waals surface area contributed by atoms with E-state index >= 15 is 0 Å². The van der Waals surface area contributed by atoms with Crippen LogP contribution in [0.1, 0.15) is 31.0 Å². The zero-order valence-corrected chi connectivity index (χ0v) is 16.8. The minimum Gasteiger partial charge on any atom is -0.494 e. The predicted octanol–water partition coefficient (Wildman–Crippen LogP) is 3.20. The van der Waals surface area contributed by atoms with Crippen LogP contribution in [-0.4, -0.2) is 41.7 Å². The van der Waals surface area contributed by atoms with Gasteiger partial charge in [-0.25, -0.2) is 4.98 Å². The van der Waals surface area contributed by atoms with Crippen LogP contribution in [0.15, 0.2) is 42.0 Å². The molecule has 1 aromatic carbocycles. The van der Waals surface area contributed by atoms with Gasteiger partial charge in [-0.2, -0.15) is 0 Å². The summed E-state index contributed by atoms with van der Waals surface area (Å²) in [6, 6.07) is 8.25. The summed E-state index contributed by atoms with van der Waals surface area (Å²) in [5.74, 6) is 0.875. The maximum Gasteiger partial charge on any atom is 0.226 e. The van der Waals surface area contributed by atoms with Crippen LogP contribution >= 0.6 is 11.3 Å². The molecule has 1 saturated heterocycles. The first-order valence-electron chi connectivity index (χ1n) is 9.67. The minimum atomic E-state index is -0.104. The topological polar surface area (TPSA) is 64.9 Å². The molecule has 1 aliphatic heterocycles. The number of nitrogens with zero attached hydrogens (tertiary/aromatic N) is 2. The molecular formula is C21H25N3O3S. The van der Waals surface area contributed by atoms with E-state index in [-0.39, 0.29) is 11.3 Å². The molecule has 0 aliphatic carbocycles. The Morgan fingerprint density at radius 3 is 2.82 bits per heavy atom. The third kappa shape index (κ3) is 4.05. The lowest BCUT2D eigenvalue weighted by molar-refractivity contribution is -0.121. The number of fused-ring (bicyclic) bond motifs is 1. The average molecular weight is 400 g/mol. The third-order valence-electron chi connectivity index (χ3n) is 5.34. The number of thiazole rings is 1. The van der Waals surface area contributed by atoms with Gasteiger partial charge in [-0.05, 0) is 37.5 Å². The standard InChI is InChI=1S/C21H25N3O3S/c1-2-27-18-5-3-16(4-6-18)21(7-10-26-11-8-21)15-22-19(25)13-17-14-24-9-12-28-20(24)23-17/h3-6,9,12,14H,2,7-8,10-11,13,15H2,1H3,(H,22,25). The number of amides is 1. The van der Waals surface area contributed by atoms with E-state index in [1.54, 1.807) is 11.3 Å². The number of imidazole rings is 1. The van der Waals surface area contributed by atoms with Gasteiger partial charge in [0, 0.05) is 42.9 Å². The van der Waals surface area contributed by atoms with Crippen LogP contribution in [0.5, 0.6) is 5.75 Å². The SMILES string of the molecule is CCOc1ccc(C2(CNC(=O)Cc3cn4ccsc4n3)CCOCC2)cc1. The smallest absolute Gasteiger partial charge is 0.226 e. The molecule has 0 bridgehead atoms. The van der Waals surface area contributed by atoms with Crippen LogP contribution in [0, 0.1) is 0 Å². The van der Waals surface area contributed by atoms with Gasteiger partial charge in [-0.1, -0.05) is 12.1 Å². The van der Waals surface area contributed by atoms with E-state index in [2.05, 4.69) is 22.4 Å². The molecular weight excluding hydrogens is 374 g/mol. The molecule has 1 aliphatic rings. The van der Waals surface area contributed by atoms with Crippen molar-refractivity contribution in [1.82, 2.24) is 14.7 Å². The third-order valence-corrected chi connectivity index (χ3v) is 6.11. The quantitative estimate of drug-likeness (QED) is 0.663. The monoisotopic (exact) mass is 399 g/mol. The summed E-state index contributed by atoms with van der Waals surface area (Å²) in [4.78, 5) is 18.0. The highest BCUT2D eigenvalue weighted by Gasteiger charge is 2.35. The van der Waals surface area contributed by atoms with Crippen molar-refractivity contribution in [2.45, 2.75) is 31.6 Å². The van der Waals surface area contributed by atoms with Gasteiger partial charge in [0.2, 0.25) is 5.91 Å². The van der Waals surface area contributed by atoms with E-state index in [9.17, 15) is 4.79 Å². The molecule has 7 heteroatoms. The molecule has 2 aromatic heterocycles. The van der Waals surface area contributed by atoms with Gasteiger partial charge in [-0.3, -0.25) is 9.20 Å². The number of carbonyl (C=O) groups excluding carboxylic acids is 1. The molecule has 6 nitrogen and oxygen atoms in total. The van der Waals surface area contributed by atoms with Crippen molar-refractivity contribution >= 4 is 22.2 Å². The molecule has 4 rings (SSSR count). The van der Waals surface area contributed by atoms with Gasteiger partial charge < -0.3 is 14.8 Å². The molecule has 148 valence electrons. The second-order valence-electron chi connectivity index (χ2n) is 7.13. The predicted molar refractivity (Wildman–Crippen MR) is 109 cm³/mol. The van der Waals surface area contributed by atoms with E-state index in [1.165, 1.54) is 5.56 Å². The Morgan fingerprint density at radius 1 is 1.32 bits per heavy atom. The van der Waals surface area contributed by atoms with Crippen LogP contribution in [-0.2, 0) is 21.4 Å².